The van der Waals surface area contributed by atoms with E-state index in [0.717, 1.165) is 20.2 Å². The Labute approximate surface area is 101 Å². The summed E-state index contributed by atoms with van der Waals surface area (Å²) in [7, 11) is 0. The number of hydrogen-bond donors (Lipinski definition) is 2. The summed E-state index contributed by atoms with van der Waals surface area (Å²) in [6, 6.07) is 5.65. The summed E-state index contributed by atoms with van der Waals surface area (Å²) in [6.07, 6.45) is 1.99. The number of thioether (sulfide) groups is 1. The van der Waals surface area contributed by atoms with Crippen LogP contribution in [0.4, 0.5) is 5.69 Å². The second kappa shape index (κ2) is 4.82. The quantitative estimate of drug-likeness (QED) is 0.820. The van der Waals surface area contributed by atoms with Crippen LogP contribution in [0.25, 0.3) is 10.2 Å². The molecule has 1 aromatic heterocycles. The third-order valence-electron chi connectivity index (χ3n) is 2.01. The van der Waals surface area contributed by atoms with Crippen molar-refractivity contribution >= 4 is 44.9 Å². The second-order valence-electron chi connectivity index (χ2n) is 3.12. The van der Waals surface area contributed by atoms with Crippen LogP contribution in [0.15, 0.2) is 22.5 Å². The van der Waals surface area contributed by atoms with Crippen LogP contribution in [0.1, 0.15) is 0 Å². The second-order valence-corrected chi connectivity index (χ2v) is 5.20. The Hall–Kier alpha value is -1.11. The molecule has 16 heavy (non-hydrogen) atoms. The molecule has 2 aromatic rings. The van der Waals surface area contributed by atoms with Gasteiger partial charge in [0.05, 0.1) is 16.8 Å². The van der Waals surface area contributed by atoms with Gasteiger partial charge in [-0.15, -0.1) is 11.3 Å². The summed E-state index contributed by atoms with van der Waals surface area (Å²) in [5.74, 6) is -0.186. The summed E-state index contributed by atoms with van der Waals surface area (Å²) in [6.45, 7) is -0.00319. The highest BCUT2D eigenvalue weighted by molar-refractivity contribution is 8.00. The largest absolute Gasteiger partial charge is 0.325 e. The number of carbonyl (C=O) groups excluding carboxylic acids is 1. The van der Waals surface area contributed by atoms with Crippen LogP contribution in [-0.2, 0) is 4.79 Å². The number of nitrogens with one attached hydrogen (secondary N) is 1. The summed E-state index contributed by atoms with van der Waals surface area (Å²) < 4.78 is 2.09. The number of carbonyl (C=O) groups is 1. The first-order chi connectivity index (χ1) is 7.72. The van der Waals surface area contributed by atoms with Gasteiger partial charge in [-0.1, -0.05) is 11.8 Å². The van der Waals surface area contributed by atoms with E-state index in [1.807, 2.05) is 24.5 Å². The number of amides is 1. The van der Waals surface area contributed by atoms with Crippen molar-refractivity contribution in [1.29, 1.82) is 0 Å². The first-order valence-electron chi connectivity index (χ1n) is 4.67. The summed E-state index contributed by atoms with van der Waals surface area (Å²) >= 11 is 3.23. The number of fused-ring (bicyclic) bond motifs is 1. The van der Waals surface area contributed by atoms with Crippen LogP contribution in [0.3, 0.4) is 0 Å². The Morgan fingerprint density at radius 2 is 2.44 bits per heavy atom. The Morgan fingerprint density at radius 3 is 3.12 bits per heavy atom. The normalized spacial score (nSPS) is 10.6. The molecule has 0 saturated heterocycles. The van der Waals surface area contributed by atoms with Crippen molar-refractivity contribution in [3.05, 3.63) is 18.2 Å². The van der Waals surface area contributed by atoms with Gasteiger partial charge in [-0.3, -0.25) is 4.79 Å². The highest BCUT2D eigenvalue weighted by Crippen LogP contribution is 2.29. The lowest BCUT2D eigenvalue weighted by Crippen LogP contribution is -2.21. The third-order valence-corrected chi connectivity index (χ3v) is 4.02. The molecule has 0 aliphatic rings. The fourth-order valence-corrected chi connectivity index (χ4v) is 2.81. The van der Waals surface area contributed by atoms with E-state index in [-0.39, 0.29) is 12.5 Å². The molecule has 4 nitrogen and oxygen atoms in total. The van der Waals surface area contributed by atoms with Crippen molar-refractivity contribution in [2.24, 2.45) is 5.73 Å². The molecule has 1 amide bonds. The van der Waals surface area contributed by atoms with Crippen molar-refractivity contribution in [2.45, 2.75) is 4.34 Å². The topological polar surface area (TPSA) is 68.0 Å². The molecule has 0 unspecified atom stereocenters. The average Bonchev–Trinajstić information content (AvgIpc) is 2.71. The van der Waals surface area contributed by atoms with Crippen LogP contribution in [0.5, 0.6) is 0 Å². The predicted molar refractivity (Wildman–Crippen MR) is 69.1 cm³/mol. The van der Waals surface area contributed by atoms with Gasteiger partial charge in [0.1, 0.15) is 0 Å². The fraction of sp³-hybridized carbons (Fsp3) is 0.200. The lowest BCUT2D eigenvalue weighted by molar-refractivity contribution is -0.114. The van der Waals surface area contributed by atoms with Crippen molar-refractivity contribution in [1.82, 2.24) is 4.98 Å². The number of rotatable bonds is 3. The fourth-order valence-electron chi connectivity index (χ4n) is 1.28. The lowest BCUT2D eigenvalue weighted by atomic mass is 10.3. The number of thiazole rings is 1. The molecule has 0 aliphatic carbocycles. The van der Waals surface area contributed by atoms with Gasteiger partial charge < -0.3 is 11.1 Å². The number of nitrogens with zero attached hydrogens (tertiary/aromatic N) is 1. The van der Waals surface area contributed by atoms with Crippen LogP contribution < -0.4 is 11.1 Å². The molecule has 0 atom stereocenters. The lowest BCUT2D eigenvalue weighted by Gasteiger charge is -2.02. The SMILES string of the molecule is CSc1nc2ccc(NC(=O)CN)cc2s1. The van der Waals surface area contributed by atoms with Crippen LogP contribution in [-0.4, -0.2) is 23.7 Å². The molecule has 84 valence electrons. The maximum Gasteiger partial charge on any atom is 0.238 e. The first kappa shape index (κ1) is 11.4. The highest BCUT2D eigenvalue weighted by atomic mass is 32.2. The van der Waals surface area contributed by atoms with Crippen LogP contribution >= 0.6 is 23.1 Å². The summed E-state index contributed by atoms with van der Waals surface area (Å²) in [5.41, 5.74) is 6.95. The monoisotopic (exact) mass is 253 g/mol. The van der Waals surface area contributed by atoms with E-state index in [9.17, 15) is 4.79 Å². The Kier molecular flexibility index (Phi) is 3.42. The zero-order chi connectivity index (χ0) is 11.5. The van der Waals surface area contributed by atoms with Gasteiger partial charge in [0, 0.05) is 5.69 Å². The minimum absolute atomic E-state index is 0.00319. The predicted octanol–water partition coefficient (Wildman–Crippen LogP) is 1.92. The molecule has 2 rings (SSSR count). The zero-order valence-electron chi connectivity index (χ0n) is 8.69. The van der Waals surface area contributed by atoms with E-state index in [2.05, 4.69) is 10.3 Å². The van der Waals surface area contributed by atoms with Gasteiger partial charge in [-0.2, -0.15) is 0 Å². The molecule has 6 heteroatoms. The van der Waals surface area contributed by atoms with E-state index in [1.165, 1.54) is 0 Å². The summed E-state index contributed by atoms with van der Waals surface area (Å²) in [5, 5.41) is 2.72. The van der Waals surface area contributed by atoms with Gasteiger partial charge in [0.25, 0.3) is 0 Å². The molecule has 0 spiro atoms. The smallest absolute Gasteiger partial charge is 0.238 e. The van der Waals surface area contributed by atoms with Crippen LogP contribution in [0.2, 0.25) is 0 Å². The Morgan fingerprint density at radius 1 is 1.62 bits per heavy atom. The molecule has 3 N–H and O–H groups in total. The minimum Gasteiger partial charge on any atom is -0.325 e. The van der Waals surface area contributed by atoms with Crippen molar-refractivity contribution in [3.8, 4) is 0 Å². The van der Waals surface area contributed by atoms with E-state index in [0.29, 0.717) is 0 Å². The average molecular weight is 253 g/mol. The first-order valence-corrected chi connectivity index (χ1v) is 6.71. The van der Waals surface area contributed by atoms with Crippen molar-refractivity contribution in [3.63, 3.8) is 0 Å². The molecule has 1 heterocycles. The summed E-state index contributed by atoms with van der Waals surface area (Å²) in [4.78, 5) is 15.5. The number of hydrogen-bond acceptors (Lipinski definition) is 5. The van der Waals surface area contributed by atoms with Crippen molar-refractivity contribution in [2.75, 3.05) is 18.1 Å². The van der Waals surface area contributed by atoms with Crippen LogP contribution in [0, 0.1) is 0 Å². The number of nitrogens with two attached hydrogens (primary N) is 1. The molecule has 0 bridgehead atoms. The standard InChI is InChI=1S/C10H11N3OS2/c1-15-10-13-7-3-2-6(4-8(7)16-10)12-9(14)5-11/h2-4H,5,11H2,1H3,(H,12,14). The van der Waals surface area contributed by atoms with Gasteiger partial charge in [-0.25, -0.2) is 4.98 Å². The number of anilines is 1. The molecular formula is C10H11N3OS2. The molecule has 1 aromatic carbocycles. The number of benzene rings is 1. The van der Waals surface area contributed by atoms with Gasteiger partial charge in [0.15, 0.2) is 4.34 Å². The molecule has 0 radical (unpaired) electrons. The number of aromatic nitrogens is 1. The zero-order valence-corrected chi connectivity index (χ0v) is 10.3. The Bertz CT molecular complexity index is 524. The molecule has 0 saturated carbocycles. The van der Waals surface area contributed by atoms with Gasteiger partial charge in [-0.05, 0) is 24.5 Å². The maximum atomic E-state index is 11.1. The maximum absolute atomic E-state index is 11.1. The van der Waals surface area contributed by atoms with E-state index in [1.54, 1.807) is 23.1 Å². The van der Waals surface area contributed by atoms with Gasteiger partial charge >= 0.3 is 0 Å². The molecule has 0 aliphatic heterocycles. The van der Waals surface area contributed by atoms with Gasteiger partial charge in [0.2, 0.25) is 5.91 Å². The van der Waals surface area contributed by atoms with E-state index < -0.39 is 0 Å². The highest BCUT2D eigenvalue weighted by Gasteiger charge is 2.05. The molecule has 0 fully saturated rings. The van der Waals surface area contributed by atoms with E-state index in [4.69, 9.17) is 5.73 Å². The third kappa shape index (κ3) is 2.34. The Balaban J connectivity index is 2.32. The molecular weight excluding hydrogens is 242 g/mol. The minimum atomic E-state index is -0.186. The van der Waals surface area contributed by atoms with Crippen molar-refractivity contribution < 1.29 is 4.79 Å². The van der Waals surface area contributed by atoms with E-state index >= 15 is 0 Å².